The number of Topliss-reactive ketones (excluding diaryl/α,β-unsaturated/α-hetero) is 1. The summed E-state index contributed by atoms with van der Waals surface area (Å²) < 4.78 is 79.9. The molecule has 2 aliphatic heterocycles. The SMILES string of the molecule is C=S1(=O)[C@H]2CC[C@]1(CF)C(N)=N[C@]2(C)c1cc(CC(=O)c2ncc(C(F)(F)F)cc2C)ccc1F. The van der Waals surface area contributed by atoms with E-state index in [1.54, 1.807) is 6.92 Å². The van der Waals surface area contributed by atoms with Crippen molar-refractivity contribution in [2.45, 2.75) is 54.8 Å². The molecule has 1 saturated heterocycles. The van der Waals surface area contributed by atoms with E-state index in [1.165, 1.54) is 19.1 Å². The maximum Gasteiger partial charge on any atom is 0.417 e. The van der Waals surface area contributed by atoms with Crippen LogP contribution in [0.1, 0.15) is 52.5 Å². The van der Waals surface area contributed by atoms with Gasteiger partial charge >= 0.3 is 6.18 Å². The van der Waals surface area contributed by atoms with Gasteiger partial charge in [0.1, 0.15) is 34.3 Å². The maximum absolute atomic E-state index is 15.1. The average molecular weight is 514 g/mol. The fourth-order valence-electron chi connectivity index (χ4n) is 5.20. The van der Waals surface area contributed by atoms with Crippen molar-refractivity contribution in [1.29, 1.82) is 0 Å². The Balaban J connectivity index is 1.71. The molecule has 1 unspecified atom stereocenters. The Kier molecular flexibility index (Phi) is 5.86. The third-order valence-corrected chi connectivity index (χ3v) is 10.7. The lowest BCUT2D eigenvalue weighted by Crippen LogP contribution is -2.58. The maximum atomic E-state index is 15.1. The Bertz CT molecular complexity index is 1360. The minimum atomic E-state index is -4.59. The number of rotatable bonds is 5. The van der Waals surface area contributed by atoms with Gasteiger partial charge in [-0.2, -0.15) is 13.2 Å². The van der Waals surface area contributed by atoms with Gasteiger partial charge in [0, 0.05) is 18.2 Å². The number of benzene rings is 1. The second-order valence-electron chi connectivity index (χ2n) is 9.33. The van der Waals surface area contributed by atoms with Crippen molar-refractivity contribution in [3.05, 3.63) is 64.2 Å². The first kappa shape index (κ1) is 25.3. The van der Waals surface area contributed by atoms with Crippen LogP contribution in [0.15, 0.2) is 35.5 Å². The van der Waals surface area contributed by atoms with Crippen LogP contribution >= 0.6 is 0 Å². The number of hydrogen-bond acceptors (Lipinski definition) is 5. The zero-order valence-corrected chi connectivity index (χ0v) is 19.9. The van der Waals surface area contributed by atoms with Crippen LogP contribution in [0.5, 0.6) is 0 Å². The molecule has 5 nitrogen and oxygen atoms in total. The predicted octanol–water partition coefficient (Wildman–Crippen LogP) is 4.15. The van der Waals surface area contributed by atoms with E-state index in [-0.39, 0.29) is 41.9 Å². The number of nitrogens with two attached hydrogens (primary N) is 1. The number of alkyl halides is 4. The molecule has 0 spiro atoms. The average Bonchev–Trinajstić information content (AvgIpc) is 2.97. The van der Waals surface area contributed by atoms with Crippen LogP contribution in [-0.2, 0) is 27.7 Å². The van der Waals surface area contributed by atoms with Gasteiger partial charge in [0.25, 0.3) is 0 Å². The smallest absolute Gasteiger partial charge is 0.386 e. The quantitative estimate of drug-likeness (QED) is 0.370. The fraction of sp³-hybridized carbons (Fsp3) is 0.417. The van der Waals surface area contributed by atoms with Crippen molar-refractivity contribution in [1.82, 2.24) is 4.98 Å². The van der Waals surface area contributed by atoms with Gasteiger partial charge in [-0.25, -0.2) is 8.78 Å². The number of aromatic nitrogens is 1. The first-order valence-corrected chi connectivity index (χ1v) is 12.6. The van der Waals surface area contributed by atoms with E-state index >= 15 is 4.39 Å². The molecule has 0 saturated carbocycles. The molecule has 35 heavy (non-hydrogen) atoms. The Hall–Kier alpha value is -2.82. The normalized spacial score (nSPS) is 30.3. The number of fused-ring (bicyclic) bond motifs is 2. The standard InChI is InChI=1S/C24H24F5N3O2S/c1-13-8-15(24(27,28)29)11-31-20(13)18(33)10-14-4-5-17(26)16(9-14)22(2)19-6-7-23(12-25,21(30)32-22)35(19,3)34/h4-5,8-9,11,19H,3,6-7,10,12H2,1-2H3,(H2,30,32)/t19-,22+,23-,35?/m0/s1. The molecule has 1 fully saturated rings. The Morgan fingerprint density at radius 3 is 2.60 bits per heavy atom. The summed E-state index contributed by atoms with van der Waals surface area (Å²) in [5.74, 6) is 2.42. The number of aryl methyl sites for hydroxylation is 1. The highest BCUT2D eigenvalue weighted by atomic mass is 32.2. The fourth-order valence-corrected chi connectivity index (χ4v) is 8.21. The Labute approximate surface area is 199 Å². The first-order valence-electron chi connectivity index (χ1n) is 10.8. The van der Waals surface area contributed by atoms with E-state index in [9.17, 15) is 26.6 Å². The molecule has 1 aromatic heterocycles. The molecule has 3 heterocycles. The summed E-state index contributed by atoms with van der Waals surface area (Å²) in [7, 11) is -3.13. The summed E-state index contributed by atoms with van der Waals surface area (Å²) in [6.07, 6.45) is -3.79. The van der Waals surface area contributed by atoms with Crippen molar-refractivity contribution in [3.8, 4) is 0 Å². The lowest BCUT2D eigenvalue weighted by Gasteiger charge is -2.42. The highest BCUT2D eigenvalue weighted by molar-refractivity contribution is 8.03. The topological polar surface area (TPSA) is 85.4 Å². The molecule has 0 amide bonds. The van der Waals surface area contributed by atoms with Crippen LogP contribution < -0.4 is 5.73 Å². The molecule has 1 aromatic carbocycles. The summed E-state index contributed by atoms with van der Waals surface area (Å²) in [5.41, 5.74) is 4.06. The van der Waals surface area contributed by atoms with E-state index in [0.717, 1.165) is 12.1 Å². The number of pyridine rings is 1. The summed E-state index contributed by atoms with van der Waals surface area (Å²) in [4.78, 5) is 21.0. The zero-order chi connectivity index (χ0) is 26.0. The van der Waals surface area contributed by atoms with Gasteiger partial charge in [-0.15, -0.1) is 0 Å². The minimum absolute atomic E-state index is 0.0404. The van der Waals surface area contributed by atoms with Gasteiger partial charge in [-0.05, 0) is 71.4 Å². The Morgan fingerprint density at radius 1 is 1.31 bits per heavy atom. The van der Waals surface area contributed by atoms with Crippen LogP contribution in [0.3, 0.4) is 0 Å². The number of ketones is 1. The third-order valence-electron chi connectivity index (χ3n) is 7.20. The van der Waals surface area contributed by atoms with Gasteiger partial charge in [0.2, 0.25) is 0 Å². The van der Waals surface area contributed by atoms with E-state index in [2.05, 4.69) is 15.8 Å². The van der Waals surface area contributed by atoms with Gasteiger partial charge in [-0.1, -0.05) is 6.07 Å². The number of carbonyl (C=O) groups is 1. The van der Waals surface area contributed by atoms with Crippen molar-refractivity contribution < 1.29 is 31.0 Å². The highest BCUT2D eigenvalue weighted by Gasteiger charge is 2.61. The van der Waals surface area contributed by atoms with Gasteiger partial charge in [-0.3, -0.25) is 19.0 Å². The van der Waals surface area contributed by atoms with Crippen LogP contribution in [0, 0.1) is 12.7 Å². The van der Waals surface area contributed by atoms with Gasteiger partial charge < -0.3 is 5.73 Å². The monoisotopic (exact) mass is 513 g/mol. The molecule has 0 radical (unpaired) electrons. The molecular weight excluding hydrogens is 489 g/mol. The molecular formula is C24H24F5N3O2S. The van der Waals surface area contributed by atoms with E-state index in [0.29, 0.717) is 11.8 Å². The molecule has 2 bridgehead atoms. The molecule has 2 aromatic rings. The number of aliphatic imine (C=N–C) groups is 1. The van der Waals surface area contributed by atoms with E-state index in [4.69, 9.17) is 5.73 Å². The number of amidine groups is 1. The van der Waals surface area contributed by atoms with Crippen molar-refractivity contribution in [3.63, 3.8) is 0 Å². The first-order chi connectivity index (χ1) is 16.2. The summed E-state index contributed by atoms with van der Waals surface area (Å²) >= 11 is 0. The number of hydrogen-bond donors (Lipinski definition) is 1. The van der Waals surface area contributed by atoms with Gasteiger partial charge in [0.15, 0.2) is 5.78 Å². The third kappa shape index (κ3) is 3.75. The molecule has 2 aliphatic rings. The molecule has 0 aliphatic carbocycles. The van der Waals surface area contributed by atoms with Crippen LogP contribution in [0.25, 0.3) is 0 Å². The summed E-state index contributed by atoms with van der Waals surface area (Å²) in [6.45, 7) is 1.94. The Morgan fingerprint density at radius 2 is 2.00 bits per heavy atom. The number of halogens is 5. The van der Waals surface area contributed by atoms with Crippen molar-refractivity contribution in [2.24, 2.45) is 10.7 Å². The second kappa shape index (κ2) is 8.11. The summed E-state index contributed by atoms with van der Waals surface area (Å²) in [5, 5.41) is -0.766. The lowest BCUT2D eigenvalue weighted by atomic mass is 9.85. The zero-order valence-electron chi connectivity index (χ0n) is 19.1. The van der Waals surface area contributed by atoms with E-state index < -0.39 is 55.1 Å². The van der Waals surface area contributed by atoms with Crippen molar-refractivity contribution in [2.75, 3.05) is 6.67 Å². The lowest BCUT2D eigenvalue weighted by molar-refractivity contribution is -0.137. The summed E-state index contributed by atoms with van der Waals surface area (Å²) in [6, 6.07) is 4.76. The number of nitrogens with zero attached hydrogens (tertiary/aromatic N) is 2. The van der Waals surface area contributed by atoms with Crippen LogP contribution in [0.4, 0.5) is 22.0 Å². The van der Waals surface area contributed by atoms with E-state index in [1.807, 2.05) is 0 Å². The number of carbonyl (C=O) groups excluding carboxylic acids is 1. The molecule has 2 N–H and O–H groups in total. The molecule has 4 rings (SSSR count). The van der Waals surface area contributed by atoms with Crippen LogP contribution in [-0.4, -0.2) is 43.4 Å². The minimum Gasteiger partial charge on any atom is -0.386 e. The van der Waals surface area contributed by atoms with Crippen LogP contribution in [0.2, 0.25) is 0 Å². The molecule has 4 atom stereocenters. The van der Waals surface area contributed by atoms with Crippen molar-refractivity contribution >= 4 is 27.0 Å². The largest absolute Gasteiger partial charge is 0.417 e. The molecule has 188 valence electrons. The second-order valence-corrected chi connectivity index (χ2v) is 12.1. The molecule has 11 heteroatoms. The van der Waals surface area contributed by atoms with Gasteiger partial charge in [0.05, 0.1) is 10.8 Å². The predicted molar refractivity (Wildman–Crippen MR) is 124 cm³/mol. The highest BCUT2D eigenvalue weighted by Crippen LogP contribution is 2.52.